The van der Waals surface area contributed by atoms with Crippen molar-refractivity contribution in [3.63, 3.8) is 0 Å². The monoisotopic (exact) mass is 314 g/mol. The predicted molar refractivity (Wildman–Crippen MR) is 79.0 cm³/mol. The second-order valence-electron chi connectivity index (χ2n) is 5.68. The lowest BCUT2D eigenvalue weighted by Gasteiger charge is -2.22. The number of nitrogens with one attached hydrogen (secondary N) is 2. The molecule has 8 heteroatoms. The molecule has 0 heterocycles. The molecule has 1 aromatic carbocycles. The summed E-state index contributed by atoms with van der Waals surface area (Å²) in [6.45, 7) is 1.40. The van der Waals surface area contributed by atoms with E-state index in [-0.39, 0.29) is 17.3 Å². The summed E-state index contributed by atoms with van der Waals surface area (Å²) in [5.74, 6) is -0.824. The van der Waals surface area contributed by atoms with Crippen molar-refractivity contribution < 1.29 is 22.5 Å². The summed E-state index contributed by atoms with van der Waals surface area (Å²) in [5, 5.41) is 2.53. The Hall–Kier alpha value is -1.93. The van der Waals surface area contributed by atoms with Crippen molar-refractivity contribution in [2.45, 2.75) is 11.8 Å². The zero-order valence-corrected chi connectivity index (χ0v) is 13.3. The SMILES string of the molecule is CC(=O)Nc1ccc(S(=O)(=O)NC(=O)C[N+](C)(C)C)cc1. The molecule has 0 spiro atoms. The summed E-state index contributed by atoms with van der Waals surface area (Å²) in [6.07, 6.45) is 0. The van der Waals surface area contributed by atoms with Gasteiger partial charge in [-0.3, -0.25) is 9.59 Å². The van der Waals surface area contributed by atoms with Crippen LogP contribution in [0.25, 0.3) is 0 Å². The molecule has 0 aliphatic rings. The number of anilines is 1. The number of amides is 2. The van der Waals surface area contributed by atoms with Gasteiger partial charge in [-0.25, -0.2) is 13.1 Å². The zero-order valence-electron chi connectivity index (χ0n) is 12.5. The van der Waals surface area contributed by atoms with E-state index in [0.717, 1.165) is 0 Å². The number of carbonyl (C=O) groups excluding carboxylic acids is 2. The maximum atomic E-state index is 12.0. The molecule has 2 N–H and O–H groups in total. The minimum Gasteiger partial charge on any atom is -0.326 e. The third-order valence-electron chi connectivity index (χ3n) is 2.35. The summed E-state index contributed by atoms with van der Waals surface area (Å²) in [4.78, 5) is 22.5. The highest BCUT2D eigenvalue weighted by Crippen LogP contribution is 2.14. The standard InChI is InChI=1S/C13H19N3O4S/c1-10(17)14-11-5-7-12(8-6-11)21(19,20)15-13(18)9-16(2,3)4/h5-8H,9H2,1-4H3,(H-,14,15,17,18)/p+1. The van der Waals surface area contributed by atoms with Crippen LogP contribution in [-0.2, 0) is 19.6 Å². The van der Waals surface area contributed by atoms with Crippen molar-refractivity contribution >= 4 is 27.5 Å². The van der Waals surface area contributed by atoms with Gasteiger partial charge in [-0.05, 0) is 24.3 Å². The van der Waals surface area contributed by atoms with Gasteiger partial charge in [-0.2, -0.15) is 0 Å². The summed E-state index contributed by atoms with van der Waals surface area (Å²) in [6, 6.07) is 5.57. The lowest BCUT2D eigenvalue weighted by molar-refractivity contribution is -0.862. The van der Waals surface area contributed by atoms with Gasteiger partial charge in [0.15, 0.2) is 6.54 Å². The largest absolute Gasteiger partial charge is 0.326 e. The molecular weight excluding hydrogens is 294 g/mol. The van der Waals surface area contributed by atoms with Gasteiger partial charge in [0.25, 0.3) is 15.9 Å². The highest BCUT2D eigenvalue weighted by atomic mass is 32.2. The van der Waals surface area contributed by atoms with Crippen LogP contribution >= 0.6 is 0 Å². The fraction of sp³-hybridized carbons (Fsp3) is 0.385. The first-order chi connectivity index (χ1) is 9.49. The van der Waals surface area contributed by atoms with Gasteiger partial charge >= 0.3 is 0 Å². The predicted octanol–water partition coefficient (Wildman–Crippen LogP) is 0.156. The van der Waals surface area contributed by atoms with Crippen molar-refractivity contribution in [3.05, 3.63) is 24.3 Å². The van der Waals surface area contributed by atoms with Crippen molar-refractivity contribution in [3.8, 4) is 0 Å². The highest BCUT2D eigenvalue weighted by molar-refractivity contribution is 7.90. The molecule has 0 aliphatic heterocycles. The van der Waals surface area contributed by atoms with Crippen molar-refractivity contribution in [2.24, 2.45) is 0 Å². The lowest BCUT2D eigenvalue weighted by atomic mass is 10.3. The van der Waals surface area contributed by atoms with Gasteiger partial charge in [0.1, 0.15) is 0 Å². The van der Waals surface area contributed by atoms with Crippen LogP contribution in [0.2, 0.25) is 0 Å². The fourth-order valence-corrected chi connectivity index (χ4v) is 2.57. The Morgan fingerprint density at radius 3 is 2.05 bits per heavy atom. The number of carbonyl (C=O) groups is 2. The van der Waals surface area contributed by atoms with E-state index in [2.05, 4.69) is 5.32 Å². The molecule has 0 aromatic heterocycles. The summed E-state index contributed by atoms with van der Waals surface area (Å²) in [7, 11) is 1.46. The Balaban J connectivity index is 2.83. The Morgan fingerprint density at radius 2 is 1.62 bits per heavy atom. The first-order valence-electron chi connectivity index (χ1n) is 6.23. The molecule has 2 amide bonds. The number of nitrogens with zero attached hydrogens (tertiary/aromatic N) is 1. The number of rotatable bonds is 5. The number of sulfonamides is 1. The smallest absolute Gasteiger partial charge is 0.288 e. The fourth-order valence-electron chi connectivity index (χ4n) is 1.59. The maximum absolute atomic E-state index is 12.0. The lowest BCUT2D eigenvalue weighted by Crippen LogP contribution is -2.45. The molecule has 0 atom stereocenters. The molecule has 0 aliphatic carbocycles. The van der Waals surface area contributed by atoms with Crippen LogP contribution in [0.3, 0.4) is 0 Å². The zero-order chi connectivity index (χ0) is 16.3. The third-order valence-corrected chi connectivity index (χ3v) is 3.74. The normalized spacial score (nSPS) is 11.8. The molecule has 7 nitrogen and oxygen atoms in total. The van der Waals surface area contributed by atoms with Crippen molar-refractivity contribution in [1.82, 2.24) is 4.72 Å². The minimum atomic E-state index is -3.90. The number of quaternary nitrogens is 1. The molecule has 0 bridgehead atoms. The van der Waals surface area contributed by atoms with E-state index in [0.29, 0.717) is 10.2 Å². The first-order valence-corrected chi connectivity index (χ1v) is 7.72. The highest BCUT2D eigenvalue weighted by Gasteiger charge is 2.21. The summed E-state index contributed by atoms with van der Waals surface area (Å²) >= 11 is 0. The minimum absolute atomic E-state index is 0.0358. The molecule has 1 rings (SSSR count). The van der Waals surface area contributed by atoms with Crippen molar-refractivity contribution in [2.75, 3.05) is 33.0 Å². The van der Waals surface area contributed by atoms with E-state index in [4.69, 9.17) is 0 Å². The van der Waals surface area contributed by atoms with Gasteiger partial charge in [0, 0.05) is 12.6 Å². The van der Waals surface area contributed by atoms with Gasteiger partial charge < -0.3 is 9.80 Å². The van der Waals surface area contributed by atoms with E-state index in [1.165, 1.54) is 31.2 Å². The van der Waals surface area contributed by atoms with Gasteiger partial charge in [-0.1, -0.05) is 0 Å². The Labute approximate surface area is 124 Å². The summed E-state index contributed by atoms with van der Waals surface area (Å²) in [5.41, 5.74) is 0.485. The van der Waals surface area contributed by atoms with E-state index in [1.54, 1.807) is 21.1 Å². The topological polar surface area (TPSA) is 92.3 Å². The molecule has 0 fully saturated rings. The summed E-state index contributed by atoms with van der Waals surface area (Å²) < 4.78 is 26.4. The quantitative estimate of drug-likeness (QED) is 0.757. The molecule has 0 saturated carbocycles. The molecule has 116 valence electrons. The van der Waals surface area contributed by atoms with Crippen molar-refractivity contribution in [1.29, 1.82) is 0 Å². The Kier molecular flexibility index (Phi) is 5.08. The second-order valence-corrected chi connectivity index (χ2v) is 7.37. The van der Waals surface area contributed by atoms with Crippen LogP contribution in [0.5, 0.6) is 0 Å². The van der Waals surface area contributed by atoms with Gasteiger partial charge in [0.05, 0.1) is 26.0 Å². The van der Waals surface area contributed by atoms with Crippen LogP contribution < -0.4 is 10.0 Å². The van der Waals surface area contributed by atoms with Crippen LogP contribution in [-0.4, -0.2) is 52.4 Å². The molecule has 0 radical (unpaired) electrons. The number of benzene rings is 1. The maximum Gasteiger partial charge on any atom is 0.288 e. The number of likely N-dealkylation sites (N-methyl/N-ethyl adjacent to an activating group) is 1. The van der Waals surface area contributed by atoms with Crippen LogP contribution in [0, 0.1) is 0 Å². The molecule has 1 aromatic rings. The Morgan fingerprint density at radius 1 is 1.10 bits per heavy atom. The molecular formula is C13H20N3O4S+. The van der Waals surface area contributed by atoms with Crippen LogP contribution in [0.1, 0.15) is 6.92 Å². The average Bonchev–Trinajstić information content (AvgIpc) is 2.24. The van der Waals surface area contributed by atoms with Gasteiger partial charge in [-0.15, -0.1) is 0 Å². The van der Waals surface area contributed by atoms with Crippen LogP contribution in [0.15, 0.2) is 29.2 Å². The molecule has 21 heavy (non-hydrogen) atoms. The molecule has 0 unspecified atom stereocenters. The molecule has 0 saturated heterocycles. The van der Waals surface area contributed by atoms with Gasteiger partial charge in [0.2, 0.25) is 5.91 Å². The first kappa shape index (κ1) is 17.1. The van der Waals surface area contributed by atoms with Crippen LogP contribution in [0.4, 0.5) is 5.69 Å². The number of hydrogen-bond donors (Lipinski definition) is 2. The van der Waals surface area contributed by atoms with E-state index >= 15 is 0 Å². The third kappa shape index (κ3) is 5.92. The van der Waals surface area contributed by atoms with E-state index < -0.39 is 15.9 Å². The average molecular weight is 314 g/mol. The second kappa shape index (κ2) is 6.23. The van der Waals surface area contributed by atoms with E-state index in [9.17, 15) is 18.0 Å². The Bertz CT molecular complexity index is 630. The number of hydrogen-bond acceptors (Lipinski definition) is 4. The van der Waals surface area contributed by atoms with E-state index in [1.807, 2.05) is 4.72 Å².